The average molecular weight is 363 g/mol. The van der Waals surface area contributed by atoms with E-state index >= 15 is 0 Å². The molecule has 0 saturated carbocycles. The molecule has 1 aromatic rings. The van der Waals surface area contributed by atoms with Crippen LogP contribution in [0.2, 0.25) is 0 Å². The third-order valence-electron chi connectivity index (χ3n) is 3.61. The summed E-state index contributed by atoms with van der Waals surface area (Å²) in [5, 5.41) is 5.70. The molecule has 0 atom stereocenters. The molecule has 1 aromatic carbocycles. The van der Waals surface area contributed by atoms with Crippen LogP contribution in [0.25, 0.3) is 0 Å². The molecule has 2 N–H and O–H groups in total. The van der Waals surface area contributed by atoms with Crippen molar-refractivity contribution in [3.05, 3.63) is 23.8 Å². The fourth-order valence-electron chi connectivity index (χ4n) is 2.49. The molecule has 1 heterocycles. The van der Waals surface area contributed by atoms with Gasteiger partial charge in [-0.25, -0.2) is 0 Å². The van der Waals surface area contributed by atoms with Crippen LogP contribution in [0.15, 0.2) is 23.1 Å². The second-order valence-corrected chi connectivity index (χ2v) is 8.11. The Bertz CT molecular complexity index is 683. The number of nitrogens with zero attached hydrogens (tertiary/aromatic N) is 1. The van der Waals surface area contributed by atoms with Gasteiger partial charge in [0.1, 0.15) is 0 Å². The Balaban J connectivity index is 2.15. The van der Waals surface area contributed by atoms with Gasteiger partial charge >= 0.3 is 0 Å². The highest BCUT2D eigenvalue weighted by Gasteiger charge is 2.22. The minimum Gasteiger partial charge on any atom is -0.350 e. The summed E-state index contributed by atoms with van der Waals surface area (Å²) in [5.41, 5.74) is 0.783. The van der Waals surface area contributed by atoms with Gasteiger partial charge in [0.15, 0.2) is 0 Å². The van der Waals surface area contributed by atoms with Gasteiger partial charge in [0.05, 0.1) is 12.2 Å². The molecule has 1 aliphatic rings. The number of anilines is 1. The van der Waals surface area contributed by atoms with Gasteiger partial charge in [0.2, 0.25) is 11.8 Å². The molecule has 7 heteroatoms. The van der Waals surface area contributed by atoms with Crippen molar-refractivity contribution >= 4 is 35.2 Å². The van der Waals surface area contributed by atoms with Crippen LogP contribution in [-0.2, 0) is 9.59 Å². The summed E-state index contributed by atoms with van der Waals surface area (Å²) >= 11 is 1.59. The van der Waals surface area contributed by atoms with Crippen molar-refractivity contribution in [1.82, 2.24) is 10.2 Å². The molecule has 0 fully saturated rings. The van der Waals surface area contributed by atoms with E-state index in [2.05, 4.69) is 10.6 Å². The highest BCUT2D eigenvalue weighted by atomic mass is 32.2. The first-order valence-corrected chi connectivity index (χ1v) is 9.35. The highest BCUT2D eigenvalue weighted by molar-refractivity contribution is 7.99. The van der Waals surface area contributed by atoms with Crippen LogP contribution in [0.3, 0.4) is 0 Å². The number of likely N-dealkylation sites (N-methyl/N-ethyl adjacent to an activating group) is 1. The molecule has 0 radical (unpaired) electrons. The van der Waals surface area contributed by atoms with Gasteiger partial charge in [-0.1, -0.05) is 0 Å². The molecular formula is C18H25N3O3S. The first-order chi connectivity index (χ1) is 11.7. The predicted octanol–water partition coefficient (Wildman–Crippen LogP) is 2.50. The Morgan fingerprint density at radius 1 is 1.32 bits per heavy atom. The Morgan fingerprint density at radius 2 is 2.04 bits per heavy atom. The van der Waals surface area contributed by atoms with Crippen molar-refractivity contribution in [3.8, 4) is 0 Å². The summed E-state index contributed by atoms with van der Waals surface area (Å²) in [4.78, 5) is 39.0. The average Bonchev–Trinajstić information content (AvgIpc) is 2.69. The van der Waals surface area contributed by atoms with Crippen molar-refractivity contribution in [2.45, 2.75) is 44.6 Å². The van der Waals surface area contributed by atoms with E-state index in [0.717, 1.165) is 10.6 Å². The number of fused-ring (bicyclic) bond motifs is 1. The number of nitrogens with one attached hydrogen (secondary N) is 2. The van der Waals surface area contributed by atoms with Crippen LogP contribution in [0.1, 0.15) is 44.5 Å². The van der Waals surface area contributed by atoms with Gasteiger partial charge in [-0.05, 0) is 45.9 Å². The Morgan fingerprint density at radius 3 is 2.68 bits per heavy atom. The minimum absolute atomic E-state index is 0.00476. The fraction of sp³-hybridized carbons (Fsp3) is 0.500. The van der Waals surface area contributed by atoms with Crippen LogP contribution >= 0.6 is 11.8 Å². The van der Waals surface area contributed by atoms with Gasteiger partial charge in [-0.2, -0.15) is 0 Å². The van der Waals surface area contributed by atoms with Crippen LogP contribution in [0.4, 0.5) is 5.69 Å². The normalized spacial score (nSPS) is 14.2. The maximum atomic E-state index is 12.8. The van der Waals surface area contributed by atoms with Crippen molar-refractivity contribution in [1.29, 1.82) is 0 Å². The van der Waals surface area contributed by atoms with Crippen LogP contribution in [0, 0.1) is 0 Å². The summed E-state index contributed by atoms with van der Waals surface area (Å²) in [6, 6.07) is 5.29. The number of thioether (sulfide) groups is 1. The van der Waals surface area contributed by atoms with E-state index < -0.39 is 0 Å². The zero-order valence-electron chi connectivity index (χ0n) is 15.1. The Kier molecular flexibility index (Phi) is 6.11. The van der Waals surface area contributed by atoms with Gasteiger partial charge in [0, 0.05) is 34.7 Å². The van der Waals surface area contributed by atoms with Gasteiger partial charge in [-0.15, -0.1) is 11.8 Å². The van der Waals surface area contributed by atoms with E-state index in [4.69, 9.17) is 0 Å². The van der Waals surface area contributed by atoms with Crippen molar-refractivity contribution in [3.63, 3.8) is 0 Å². The second-order valence-electron chi connectivity index (χ2n) is 6.98. The Hall–Kier alpha value is -2.02. The van der Waals surface area contributed by atoms with E-state index in [1.807, 2.05) is 33.8 Å². The maximum absolute atomic E-state index is 12.8. The summed E-state index contributed by atoms with van der Waals surface area (Å²) in [6.07, 6.45) is 0.455. The first-order valence-electron chi connectivity index (χ1n) is 8.36. The number of amides is 3. The van der Waals surface area contributed by atoms with Crippen LogP contribution < -0.4 is 10.6 Å². The van der Waals surface area contributed by atoms with Crippen molar-refractivity contribution in [2.75, 3.05) is 24.2 Å². The van der Waals surface area contributed by atoms with E-state index in [1.54, 1.807) is 23.9 Å². The SMILES string of the molecule is CCN(CC(=O)NC(C)(C)C)C(=O)c1ccc2c(c1)NC(=O)CCS2. The number of rotatable bonds is 4. The zero-order valence-corrected chi connectivity index (χ0v) is 16.0. The fourth-order valence-corrected chi connectivity index (χ4v) is 3.43. The van der Waals surface area contributed by atoms with E-state index in [-0.39, 0.29) is 29.8 Å². The summed E-state index contributed by atoms with van der Waals surface area (Å²) in [5.74, 6) is 0.257. The number of hydrogen-bond donors (Lipinski definition) is 2. The lowest BCUT2D eigenvalue weighted by molar-refractivity contribution is -0.123. The lowest BCUT2D eigenvalue weighted by Crippen LogP contribution is -2.47. The molecule has 0 aliphatic carbocycles. The predicted molar refractivity (Wildman–Crippen MR) is 99.9 cm³/mol. The molecule has 0 aromatic heterocycles. The molecule has 0 saturated heterocycles. The van der Waals surface area contributed by atoms with Gasteiger partial charge < -0.3 is 15.5 Å². The third-order valence-corrected chi connectivity index (χ3v) is 4.68. The van der Waals surface area contributed by atoms with Crippen LogP contribution in [0.5, 0.6) is 0 Å². The smallest absolute Gasteiger partial charge is 0.254 e. The Labute approximate surface area is 152 Å². The third kappa shape index (κ3) is 5.49. The molecule has 6 nitrogen and oxygen atoms in total. The lowest BCUT2D eigenvalue weighted by Gasteiger charge is -2.25. The van der Waals surface area contributed by atoms with E-state index in [9.17, 15) is 14.4 Å². The molecular weight excluding hydrogens is 338 g/mol. The maximum Gasteiger partial charge on any atom is 0.254 e. The van der Waals surface area contributed by atoms with Crippen LogP contribution in [-0.4, -0.2) is 47.0 Å². The molecule has 0 spiro atoms. The van der Waals surface area contributed by atoms with Gasteiger partial charge in [-0.3, -0.25) is 14.4 Å². The minimum atomic E-state index is -0.342. The summed E-state index contributed by atoms with van der Waals surface area (Å²) < 4.78 is 0. The molecule has 136 valence electrons. The highest BCUT2D eigenvalue weighted by Crippen LogP contribution is 2.31. The largest absolute Gasteiger partial charge is 0.350 e. The summed E-state index contributed by atoms with van der Waals surface area (Å²) in [6.45, 7) is 7.96. The number of hydrogen-bond acceptors (Lipinski definition) is 4. The molecule has 0 bridgehead atoms. The monoisotopic (exact) mass is 363 g/mol. The van der Waals surface area contributed by atoms with Crippen molar-refractivity contribution in [2.24, 2.45) is 0 Å². The number of benzene rings is 1. The number of carbonyl (C=O) groups excluding carboxylic acids is 3. The topological polar surface area (TPSA) is 78.5 Å². The van der Waals surface area contributed by atoms with E-state index in [0.29, 0.717) is 24.2 Å². The molecule has 1 aliphatic heterocycles. The van der Waals surface area contributed by atoms with Crippen molar-refractivity contribution < 1.29 is 14.4 Å². The first kappa shape index (κ1) is 19.3. The molecule has 0 unspecified atom stereocenters. The summed E-state index contributed by atoms with van der Waals surface area (Å²) in [7, 11) is 0. The van der Waals surface area contributed by atoms with E-state index in [1.165, 1.54) is 4.90 Å². The molecule has 25 heavy (non-hydrogen) atoms. The standard InChI is InChI=1S/C18H25N3O3S/c1-5-21(11-16(23)20-18(2,3)4)17(24)12-6-7-14-13(10-12)19-15(22)8-9-25-14/h6-7,10H,5,8-9,11H2,1-4H3,(H,19,22)(H,20,23). The zero-order chi connectivity index (χ0) is 18.6. The van der Waals surface area contributed by atoms with Gasteiger partial charge in [0.25, 0.3) is 5.91 Å². The lowest BCUT2D eigenvalue weighted by atomic mass is 10.1. The molecule has 2 rings (SSSR count). The molecule has 3 amide bonds. The number of carbonyl (C=O) groups is 3. The quantitative estimate of drug-likeness (QED) is 0.861. The second kappa shape index (κ2) is 7.91.